The van der Waals surface area contributed by atoms with E-state index < -0.39 is 47.7 Å². The summed E-state index contributed by atoms with van der Waals surface area (Å²) in [5, 5.41) is 0. The molecule has 2 rings (SSSR count). The second-order valence-corrected chi connectivity index (χ2v) is 10.0. The minimum atomic E-state index is -4.85. The van der Waals surface area contributed by atoms with Gasteiger partial charge < -0.3 is 13.7 Å². The molecule has 0 aliphatic heterocycles. The van der Waals surface area contributed by atoms with Gasteiger partial charge in [-0.15, -0.1) is 6.07 Å². The minimum Gasteiger partial charge on any atom is -0.462 e. The summed E-state index contributed by atoms with van der Waals surface area (Å²) in [6, 6.07) is 8.59. The fraction of sp³-hybridized carbons (Fsp3) is 0.364. The molecule has 0 unspecified atom stereocenters. The second kappa shape index (κ2) is 14.0. The van der Waals surface area contributed by atoms with Crippen LogP contribution in [0, 0.1) is 6.07 Å². The molecule has 2 aromatic carbocycles. The van der Waals surface area contributed by atoms with Crippen LogP contribution in [-0.2, 0) is 29.7 Å². The van der Waals surface area contributed by atoms with Gasteiger partial charge in [0, 0.05) is 4.90 Å². The van der Waals surface area contributed by atoms with Crippen molar-refractivity contribution < 1.29 is 74.2 Å². The van der Waals surface area contributed by atoms with Crippen LogP contribution in [0.15, 0.2) is 46.2 Å². The molecule has 0 bridgehead atoms. The van der Waals surface area contributed by atoms with Gasteiger partial charge in [-0.25, -0.2) is 9.59 Å². The van der Waals surface area contributed by atoms with Crippen molar-refractivity contribution in [3.8, 4) is 5.75 Å². The average Bonchev–Trinajstić information content (AvgIpc) is 2.78. The molecule has 0 spiro atoms. The maximum Gasteiger partial charge on any atom is 1.00 e. The van der Waals surface area contributed by atoms with E-state index in [4.69, 9.17) is 13.7 Å². The van der Waals surface area contributed by atoms with Gasteiger partial charge in [0.2, 0.25) is 0 Å². The van der Waals surface area contributed by atoms with Crippen LogP contribution in [0.2, 0.25) is 0 Å². The van der Waals surface area contributed by atoms with E-state index in [2.05, 4.69) is 6.07 Å². The maximum absolute atomic E-state index is 12.9. The summed E-state index contributed by atoms with van der Waals surface area (Å²) in [7, 11) is -9.62. The fourth-order valence-electron chi connectivity index (χ4n) is 2.60. The number of hydrogen-bond donors (Lipinski definition) is 1. The second-order valence-electron chi connectivity index (χ2n) is 7.10. The molecule has 186 valence electrons. The van der Waals surface area contributed by atoms with Gasteiger partial charge in [-0.1, -0.05) is 26.7 Å². The van der Waals surface area contributed by atoms with Gasteiger partial charge in [0.15, 0.2) is 0 Å². The minimum absolute atomic E-state index is 0. The quantitative estimate of drug-likeness (QED) is 0.101. The molecular weight excluding hydrogens is 511 g/mol. The monoisotopic (exact) mass is 536 g/mol. The molecule has 0 atom stereocenters. The van der Waals surface area contributed by atoms with Gasteiger partial charge >= 0.3 is 51.6 Å². The number of carbonyl (C=O) groups is 2. The zero-order valence-corrected chi connectivity index (χ0v) is 23.3. The third kappa shape index (κ3) is 9.21. The van der Waals surface area contributed by atoms with E-state index in [0.29, 0.717) is 12.8 Å². The van der Waals surface area contributed by atoms with Crippen LogP contribution >= 0.6 is 0 Å². The smallest absolute Gasteiger partial charge is 0.462 e. The van der Waals surface area contributed by atoms with Crippen LogP contribution in [0.3, 0.4) is 0 Å². The molecular formula is C22H25NaO10S2. The van der Waals surface area contributed by atoms with E-state index in [1.54, 1.807) is 0 Å². The Hall–Kier alpha value is -1.96. The van der Waals surface area contributed by atoms with Crippen LogP contribution in [0.25, 0.3) is 0 Å². The van der Waals surface area contributed by atoms with Crippen molar-refractivity contribution in [3.05, 3.63) is 53.6 Å². The summed E-state index contributed by atoms with van der Waals surface area (Å²) in [5.74, 6) is -2.44. The molecule has 0 saturated carbocycles. The Morgan fingerprint density at radius 3 is 1.89 bits per heavy atom. The van der Waals surface area contributed by atoms with Crippen molar-refractivity contribution in [1.82, 2.24) is 0 Å². The molecule has 0 fully saturated rings. The number of benzene rings is 2. The Bertz CT molecular complexity index is 1200. The van der Waals surface area contributed by atoms with Gasteiger partial charge in [-0.3, -0.25) is 4.55 Å². The first kappa shape index (κ1) is 31.1. The van der Waals surface area contributed by atoms with Crippen LogP contribution in [0.4, 0.5) is 0 Å². The first-order valence-electron chi connectivity index (χ1n) is 10.4. The van der Waals surface area contributed by atoms with Crippen LogP contribution < -0.4 is 33.7 Å². The summed E-state index contributed by atoms with van der Waals surface area (Å²) < 4.78 is 73.4. The molecule has 0 aromatic heterocycles. The molecule has 0 aliphatic carbocycles. The Labute approximate surface area is 227 Å². The zero-order valence-electron chi connectivity index (χ0n) is 19.6. The predicted octanol–water partition coefficient (Wildman–Crippen LogP) is 0.419. The molecule has 10 nitrogen and oxygen atoms in total. The number of unbranched alkanes of at least 4 members (excludes halogenated alkanes) is 2. The van der Waals surface area contributed by atoms with E-state index in [1.807, 2.05) is 13.8 Å². The summed E-state index contributed by atoms with van der Waals surface area (Å²) in [5.41, 5.74) is -0.476. The summed E-state index contributed by atoms with van der Waals surface area (Å²) in [4.78, 5) is 23.4. The normalized spacial score (nSPS) is 11.3. The van der Waals surface area contributed by atoms with Crippen LogP contribution in [0.5, 0.6) is 5.75 Å². The van der Waals surface area contributed by atoms with E-state index in [-0.39, 0.29) is 53.9 Å². The van der Waals surface area contributed by atoms with Crippen molar-refractivity contribution >= 4 is 32.2 Å². The predicted molar refractivity (Wildman–Crippen MR) is 120 cm³/mol. The number of esters is 2. The van der Waals surface area contributed by atoms with Crippen LogP contribution in [-0.4, -0.2) is 46.5 Å². The van der Waals surface area contributed by atoms with E-state index >= 15 is 0 Å². The maximum atomic E-state index is 12.9. The van der Waals surface area contributed by atoms with Gasteiger partial charge in [-0.2, -0.15) is 35.0 Å². The average molecular weight is 537 g/mol. The van der Waals surface area contributed by atoms with Gasteiger partial charge in [-0.05, 0) is 31.0 Å². The fourth-order valence-corrected chi connectivity index (χ4v) is 4.25. The Balaban J connectivity index is 0.00000612. The van der Waals surface area contributed by atoms with Crippen molar-refractivity contribution in [2.24, 2.45) is 0 Å². The molecule has 0 heterocycles. The van der Waals surface area contributed by atoms with Gasteiger partial charge in [0.1, 0.15) is 4.90 Å². The topological polar surface area (TPSA) is 150 Å². The Morgan fingerprint density at radius 1 is 0.914 bits per heavy atom. The number of hydrogen-bond acceptors (Lipinski definition) is 9. The van der Waals surface area contributed by atoms with E-state index in [9.17, 15) is 31.0 Å². The Morgan fingerprint density at radius 2 is 1.43 bits per heavy atom. The molecule has 0 radical (unpaired) electrons. The van der Waals surface area contributed by atoms with Crippen molar-refractivity contribution in [2.75, 3.05) is 13.2 Å². The zero-order chi connectivity index (χ0) is 25.4. The van der Waals surface area contributed by atoms with Crippen molar-refractivity contribution in [1.29, 1.82) is 0 Å². The summed E-state index contributed by atoms with van der Waals surface area (Å²) in [6.45, 7) is 3.97. The van der Waals surface area contributed by atoms with E-state index in [0.717, 1.165) is 43.2 Å². The van der Waals surface area contributed by atoms with Crippen molar-refractivity contribution in [3.63, 3.8) is 0 Å². The number of carbonyl (C=O) groups excluding carboxylic acids is 2. The number of rotatable bonds is 12. The van der Waals surface area contributed by atoms with Gasteiger partial charge in [0.05, 0.1) is 30.1 Å². The molecule has 0 amide bonds. The third-order valence-electron chi connectivity index (χ3n) is 4.37. The standard InChI is InChI=1S/C22H25O10S2.Na/c1-3-5-11-30-21(23)16-13-17(22(24)31-12-6-4-2)15-18(14-16)34(28,29)32-19-9-7-8-10-20(19)33(25,26)27;/h7-9,13-15H,3-6,11-12H2,1-2H3,(H,25,26,27);/q-1;+1. The first-order valence-corrected chi connectivity index (χ1v) is 13.3. The molecule has 13 heteroatoms. The van der Waals surface area contributed by atoms with Crippen LogP contribution in [0.1, 0.15) is 60.2 Å². The molecule has 0 aliphatic rings. The van der Waals surface area contributed by atoms with Gasteiger partial charge in [0.25, 0.3) is 10.1 Å². The molecule has 35 heavy (non-hydrogen) atoms. The number of ether oxygens (including phenoxy) is 2. The Kier molecular flexibility index (Phi) is 12.4. The molecule has 2 aromatic rings. The summed E-state index contributed by atoms with van der Waals surface area (Å²) in [6.07, 6.45) is 2.69. The largest absolute Gasteiger partial charge is 1.00 e. The molecule has 0 saturated heterocycles. The van der Waals surface area contributed by atoms with E-state index in [1.165, 1.54) is 6.07 Å². The third-order valence-corrected chi connectivity index (χ3v) is 6.42. The molecule has 1 N–H and O–H groups in total. The first-order chi connectivity index (χ1) is 16.0. The SMILES string of the molecule is CCCCOC(=O)c1cc(C(=O)OCCCC)cc(S(=O)(=O)Oc2ccc[c-]c2S(=O)(=O)O)c1.[Na+]. The van der Waals surface area contributed by atoms with Crippen molar-refractivity contribution in [2.45, 2.75) is 49.3 Å². The summed E-state index contributed by atoms with van der Waals surface area (Å²) >= 11 is 0.